The molecule has 0 saturated heterocycles. The van der Waals surface area contributed by atoms with Crippen LogP contribution < -0.4 is 0 Å². The third-order valence-corrected chi connectivity index (χ3v) is 5.54. The summed E-state index contributed by atoms with van der Waals surface area (Å²) in [6.07, 6.45) is 0. The van der Waals surface area contributed by atoms with Crippen molar-refractivity contribution in [3.63, 3.8) is 0 Å². The predicted octanol–water partition coefficient (Wildman–Crippen LogP) is 2.93. The smallest absolute Gasteiger partial charge is 0.334 e. The number of methoxy groups -OCH3 is 1. The van der Waals surface area contributed by atoms with Crippen LogP contribution in [0, 0.1) is 16.7 Å². The topological polar surface area (TPSA) is 46.5 Å². The van der Waals surface area contributed by atoms with Crippen LogP contribution in [0.5, 0.6) is 0 Å². The molecule has 2 atom stereocenters. The van der Waals surface area contributed by atoms with Crippen LogP contribution in [0.2, 0.25) is 0 Å². The van der Waals surface area contributed by atoms with Crippen LogP contribution in [0.4, 0.5) is 0 Å². The zero-order valence-corrected chi connectivity index (χ0v) is 12.8. The molecular formula is C15H26O3. The van der Waals surface area contributed by atoms with Gasteiger partial charge in [-0.2, -0.15) is 0 Å². The number of ether oxygens (including phenoxy) is 1. The van der Waals surface area contributed by atoms with Crippen LogP contribution >= 0.6 is 0 Å². The molecule has 1 N–H and O–H groups in total. The minimum atomic E-state index is -0.863. The molecule has 0 aromatic heterocycles. The van der Waals surface area contributed by atoms with E-state index in [1.807, 2.05) is 48.5 Å². The van der Waals surface area contributed by atoms with Gasteiger partial charge in [-0.25, -0.2) is 4.79 Å². The van der Waals surface area contributed by atoms with E-state index >= 15 is 0 Å². The van der Waals surface area contributed by atoms with Gasteiger partial charge in [0.2, 0.25) is 0 Å². The minimum absolute atomic E-state index is 0.0437. The summed E-state index contributed by atoms with van der Waals surface area (Å²) >= 11 is 0. The van der Waals surface area contributed by atoms with E-state index in [1.54, 1.807) is 0 Å². The number of rotatable bonds is 1. The highest BCUT2D eigenvalue weighted by atomic mass is 16.5. The maximum atomic E-state index is 12.1. The number of hydrogen-bond acceptors (Lipinski definition) is 3. The molecule has 3 heteroatoms. The zero-order valence-electron chi connectivity index (χ0n) is 12.8. The molecule has 2 unspecified atom stereocenters. The maximum absolute atomic E-state index is 12.1. The lowest BCUT2D eigenvalue weighted by Gasteiger charge is -2.56. The monoisotopic (exact) mass is 254 g/mol. The first-order chi connectivity index (χ1) is 7.92. The molecule has 1 aliphatic carbocycles. The van der Waals surface area contributed by atoms with Crippen molar-refractivity contribution in [1.82, 2.24) is 0 Å². The second-order valence-corrected chi connectivity index (χ2v) is 6.71. The standard InChI is InChI=1S/C15H26O3/c1-9-11(12(16)18-8)13(3,4)10(2)15(7,17)14(9,5)6/h10,17H,1-8H3. The third kappa shape index (κ3) is 1.71. The highest BCUT2D eigenvalue weighted by molar-refractivity contribution is 5.91. The predicted molar refractivity (Wildman–Crippen MR) is 72.1 cm³/mol. The minimum Gasteiger partial charge on any atom is -0.466 e. The fourth-order valence-corrected chi connectivity index (χ4v) is 3.15. The number of aliphatic hydroxyl groups is 1. The normalized spacial score (nSPS) is 34.4. The summed E-state index contributed by atoms with van der Waals surface area (Å²) in [6.45, 7) is 13.7. The molecule has 3 nitrogen and oxygen atoms in total. The summed E-state index contributed by atoms with van der Waals surface area (Å²) in [4.78, 5) is 12.1. The van der Waals surface area contributed by atoms with Crippen molar-refractivity contribution in [3.8, 4) is 0 Å². The molecule has 0 heterocycles. The van der Waals surface area contributed by atoms with Gasteiger partial charge in [0, 0.05) is 16.4 Å². The Hall–Kier alpha value is -0.830. The molecule has 0 aliphatic heterocycles. The van der Waals surface area contributed by atoms with Crippen molar-refractivity contribution in [3.05, 3.63) is 11.1 Å². The molecule has 1 aliphatic rings. The average Bonchev–Trinajstić information content (AvgIpc) is 2.25. The fraction of sp³-hybridized carbons (Fsp3) is 0.800. The van der Waals surface area contributed by atoms with Crippen molar-refractivity contribution in [2.75, 3.05) is 7.11 Å². The Morgan fingerprint density at radius 2 is 1.67 bits per heavy atom. The summed E-state index contributed by atoms with van der Waals surface area (Å²) in [5, 5.41) is 10.9. The Morgan fingerprint density at radius 3 is 2.06 bits per heavy atom. The average molecular weight is 254 g/mol. The van der Waals surface area contributed by atoms with E-state index in [-0.39, 0.29) is 11.9 Å². The molecule has 0 bridgehead atoms. The van der Waals surface area contributed by atoms with Crippen LogP contribution in [-0.4, -0.2) is 23.8 Å². The van der Waals surface area contributed by atoms with Crippen LogP contribution in [-0.2, 0) is 9.53 Å². The Morgan fingerprint density at radius 1 is 1.22 bits per heavy atom. The maximum Gasteiger partial charge on any atom is 0.334 e. The molecular weight excluding hydrogens is 228 g/mol. The van der Waals surface area contributed by atoms with Gasteiger partial charge in [0.25, 0.3) is 0 Å². The van der Waals surface area contributed by atoms with Crippen LogP contribution in [0.25, 0.3) is 0 Å². The molecule has 0 amide bonds. The molecule has 104 valence electrons. The lowest BCUT2D eigenvalue weighted by molar-refractivity contribution is -0.145. The first-order valence-corrected chi connectivity index (χ1v) is 6.44. The molecule has 0 saturated carbocycles. The van der Waals surface area contributed by atoms with Crippen molar-refractivity contribution < 1.29 is 14.6 Å². The summed E-state index contributed by atoms with van der Waals surface area (Å²) in [5.41, 5.74) is -0.101. The number of carbonyl (C=O) groups is 1. The SMILES string of the molecule is COC(=O)C1=C(C)C(C)(C)C(C)(O)C(C)C1(C)C. The van der Waals surface area contributed by atoms with Gasteiger partial charge in [0.1, 0.15) is 0 Å². The zero-order chi connectivity index (χ0) is 14.5. The second kappa shape index (κ2) is 4.09. The lowest BCUT2D eigenvalue weighted by Crippen LogP contribution is -2.57. The Labute approximate surface area is 110 Å². The van der Waals surface area contributed by atoms with Gasteiger partial charge in [-0.15, -0.1) is 0 Å². The summed E-state index contributed by atoms with van der Waals surface area (Å²) in [5.74, 6) is -0.328. The number of hydrogen-bond donors (Lipinski definition) is 1. The van der Waals surface area contributed by atoms with Gasteiger partial charge in [-0.05, 0) is 19.8 Å². The summed E-state index contributed by atoms with van der Waals surface area (Å²) in [7, 11) is 1.41. The van der Waals surface area contributed by atoms with E-state index in [0.717, 1.165) is 5.57 Å². The molecule has 18 heavy (non-hydrogen) atoms. The first kappa shape index (κ1) is 15.2. The van der Waals surface area contributed by atoms with Crippen LogP contribution in [0.15, 0.2) is 11.1 Å². The van der Waals surface area contributed by atoms with Crippen molar-refractivity contribution >= 4 is 5.97 Å². The molecule has 0 fully saturated rings. The summed E-state index contributed by atoms with van der Waals surface area (Å²) < 4.78 is 4.93. The van der Waals surface area contributed by atoms with E-state index < -0.39 is 16.4 Å². The van der Waals surface area contributed by atoms with E-state index in [4.69, 9.17) is 4.74 Å². The quantitative estimate of drug-likeness (QED) is 0.732. The van der Waals surface area contributed by atoms with E-state index in [0.29, 0.717) is 5.57 Å². The fourth-order valence-electron chi connectivity index (χ4n) is 3.15. The molecule has 1 rings (SSSR count). The number of carbonyl (C=O) groups excluding carboxylic acids is 1. The van der Waals surface area contributed by atoms with E-state index in [2.05, 4.69) is 0 Å². The van der Waals surface area contributed by atoms with Gasteiger partial charge in [0.05, 0.1) is 12.7 Å². The molecule has 0 aromatic carbocycles. The highest BCUT2D eigenvalue weighted by Gasteiger charge is 2.57. The summed E-state index contributed by atoms with van der Waals surface area (Å²) in [6, 6.07) is 0. The van der Waals surface area contributed by atoms with Gasteiger partial charge in [0.15, 0.2) is 0 Å². The van der Waals surface area contributed by atoms with Gasteiger partial charge >= 0.3 is 5.97 Å². The molecule has 0 spiro atoms. The largest absolute Gasteiger partial charge is 0.466 e. The van der Waals surface area contributed by atoms with Crippen molar-refractivity contribution in [2.45, 2.75) is 54.1 Å². The van der Waals surface area contributed by atoms with Crippen LogP contribution in [0.3, 0.4) is 0 Å². The van der Waals surface area contributed by atoms with Crippen molar-refractivity contribution in [1.29, 1.82) is 0 Å². The lowest BCUT2D eigenvalue weighted by atomic mass is 9.51. The molecule has 0 aromatic rings. The first-order valence-electron chi connectivity index (χ1n) is 6.44. The van der Waals surface area contributed by atoms with Crippen molar-refractivity contribution in [2.24, 2.45) is 16.7 Å². The van der Waals surface area contributed by atoms with Gasteiger partial charge in [-0.1, -0.05) is 40.2 Å². The van der Waals surface area contributed by atoms with Crippen LogP contribution in [0.1, 0.15) is 48.5 Å². The Bertz CT molecular complexity index is 400. The highest BCUT2D eigenvalue weighted by Crippen LogP contribution is 2.57. The van der Waals surface area contributed by atoms with Gasteiger partial charge in [-0.3, -0.25) is 0 Å². The Kier molecular flexibility index (Phi) is 3.46. The van der Waals surface area contributed by atoms with Gasteiger partial charge < -0.3 is 9.84 Å². The van der Waals surface area contributed by atoms with E-state index in [1.165, 1.54) is 7.11 Å². The third-order valence-electron chi connectivity index (χ3n) is 5.54. The number of esters is 1. The van der Waals surface area contributed by atoms with E-state index in [9.17, 15) is 9.90 Å². The second-order valence-electron chi connectivity index (χ2n) is 6.71. The molecule has 0 radical (unpaired) electrons. The Balaban J connectivity index is 3.61.